The van der Waals surface area contributed by atoms with Crippen molar-refractivity contribution in [3.63, 3.8) is 0 Å². The Labute approximate surface area is 334 Å². The van der Waals surface area contributed by atoms with Gasteiger partial charge in [0.1, 0.15) is 31.3 Å². The number of carbonyl (C=O) groups is 2. The number of hydrogen-bond acceptors (Lipinski definition) is 8. The van der Waals surface area contributed by atoms with Gasteiger partial charge in [-0.15, -0.1) is 0 Å². The number of benzene rings is 4. The number of halogens is 2. The van der Waals surface area contributed by atoms with E-state index >= 15 is 0 Å². The van der Waals surface area contributed by atoms with Gasteiger partial charge in [-0.25, -0.2) is 4.79 Å². The van der Waals surface area contributed by atoms with E-state index in [-0.39, 0.29) is 29.8 Å². The summed E-state index contributed by atoms with van der Waals surface area (Å²) in [6, 6.07) is 25.5. The molecule has 1 aliphatic heterocycles. The highest BCUT2D eigenvalue weighted by Gasteiger charge is 2.40. The van der Waals surface area contributed by atoms with Gasteiger partial charge in [-0.05, 0) is 128 Å². The number of piperidine rings is 1. The van der Waals surface area contributed by atoms with Gasteiger partial charge >= 0.3 is 5.97 Å². The van der Waals surface area contributed by atoms with Gasteiger partial charge in [-0.2, -0.15) is 0 Å². The van der Waals surface area contributed by atoms with E-state index < -0.39 is 0 Å². The lowest BCUT2D eigenvalue weighted by atomic mass is 9.80. The molecule has 4 aromatic rings. The summed E-state index contributed by atoms with van der Waals surface area (Å²) in [5.74, 6) is 1.65. The zero-order valence-corrected chi connectivity index (χ0v) is 33.3. The molecular formula is C44H50Cl2N2O7. The summed E-state index contributed by atoms with van der Waals surface area (Å²) >= 11 is 12.6. The minimum atomic E-state index is -0.372. The van der Waals surface area contributed by atoms with Crippen LogP contribution in [-0.2, 0) is 33.8 Å². The van der Waals surface area contributed by atoms with Crippen LogP contribution in [-0.4, -0.2) is 69.9 Å². The Morgan fingerprint density at radius 2 is 1.49 bits per heavy atom. The number of esters is 1. The van der Waals surface area contributed by atoms with Gasteiger partial charge < -0.3 is 33.9 Å². The molecule has 0 spiro atoms. The molecule has 55 heavy (non-hydrogen) atoms. The van der Waals surface area contributed by atoms with Crippen molar-refractivity contribution in [3.8, 4) is 17.2 Å². The first-order valence-corrected chi connectivity index (χ1v) is 19.7. The van der Waals surface area contributed by atoms with Crippen LogP contribution in [0, 0.1) is 12.8 Å². The number of methoxy groups -OCH3 is 2. The minimum Gasteiger partial charge on any atom is -0.490 e. The zero-order chi connectivity index (χ0) is 38.7. The van der Waals surface area contributed by atoms with Gasteiger partial charge in [0.15, 0.2) is 5.75 Å². The standard InChI is InChI=1S/C44H50Cl2N2O7/c1-29-21-40(45)42(41(46)22-29)54-20-19-53-36-14-10-33(11-15-36)38-16-17-47-26-39(38)43(49)48(35-12-13-35)27-32-23-31(5-4-18-51-2)24-37(25-32)55-28-30-6-8-34(9-7-30)44(50)52-3/h6-11,14-15,21-25,35,38-39,47H,4-5,12-13,16-20,26-28H2,1-3H3. The molecule has 4 aromatic carbocycles. The molecule has 11 heteroatoms. The number of hydrogen-bond donors (Lipinski definition) is 1. The molecule has 2 unspecified atom stereocenters. The highest BCUT2D eigenvalue weighted by molar-refractivity contribution is 6.37. The Bertz CT molecular complexity index is 1880. The van der Waals surface area contributed by atoms with Gasteiger partial charge in [-0.3, -0.25) is 4.79 Å². The van der Waals surface area contributed by atoms with E-state index in [1.165, 1.54) is 7.11 Å². The largest absolute Gasteiger partial charge is 0.490 e. The quantitative estimate of drug-likeness (QED) is 0.0792. The molecule has 1 amide bonds. The Hall–Kier alpha value is -4.28. The fraction of sp³-hybridized carbons (Fsp3) is 0.409. The van der Waals surface area contributed by atoms with E-state index in [1.54, 1.807) is 19.2 Å². The number of amides is 1. The van der Waals surface area contributed by atoms with E-state index in [4.69, 9.17) is 46.9 Å². The topological polar surface area (TPSA) is 95.6 Å². The Kier molecular flexibility index (Phi) is 14.3. The summed E-state index contributed by atoms with van der Waals surface area (Å²) in [4.78, 5) is 28.5. The SMILES string of the molecule is COCCCc1cc(CN(C(=O)C2CNCCC2c2ccc(OCCOc3c(Cl)cc(C)cc3Cl)cc2)C2CC2)cc(OCc2ccc(C(=O)OC)cc2)c1. The number of carbonyl (C=O) groups excluding carboxylic acids is 2. The second kappa shape index (κ2) is 19.5. The Morgan fingerprint density at radius 3 is 2.18 bits per heavy atom. The molecule has 1 N–H and O–H groups in total. The van der Waals surface area contributed by atoms with Crippen LogP contribution in [0.2, 0.25) is 10.0 Å². The van der Waals surface area contributed by atoms with Crippen molar-refractivity contribution in [2.75, 3.05) is 47.1 Å². The van der Waals surface area contributed by atoms with Crippen molar-refractivity contribution in [1.82, 2.24) is 10.2 Å². The molecule has 9 nitrogen and oxygen atoms in total. The van der Waals surface area contributed by atoms with Gasteiger partial charge in [0, 0.05) is 32.8 Å². The minimum absolute atomic E-state index is 0.0862. The lowest BCUT2D eigenvalue weighted by Crippen LogP contribution is -2.47. The molecule has 0 bridgehead atoms. The summed E-state index contributed by atoms with van der Waals surface area (Å²) in [6.45, 7) is 5.56. The second-order valence-corrected chi connectivity index (χ2v) is 15.1. The van der Waals surface area contributed by atoms with E-state index in [2.05, 4.69) is 40.5 Å². The molecule has 2 atom stereocenters. The normalized spacial score (nSPS) is 16.7. The van der Waals surface area contributed by atoms with Crippen LogP contribution < -0.4 is 19.5 Å². The van der Waals surface area contributed by atoms with Crippen LogP contribution in [0.15, 0.2) is 78.9 Å². The molecule has 6 rings (SSSR count). The second-order valence-electron chi connectivity index (χ2n) is 14.3. The summed E-state index contributed by atoms with van der Waals surface area (Å²) < 4.78 is 28.2. The maximum Gasteiger partial charge on any atom is 0.337 e. The van der Waals surface area contributed by atoms with Crippen LogP contribution in [0.3, 0.4) is 0 Å². The van der Waals surface area contributed by atoms with E-state index in [9.17, 15) is 9.59 Å². The molecular weight excluding hydrogens is 739 g/mol. The van der Waals surface area contributed by atoms with Crippen molar-refractivity contribution in [2.45, 2.75) is 64.1 Å². The molecule has 1 saturated carbocycles. The first kappa shape index (κ1) is 40.4. The van der Waals surface area contributed by atoms with Gasteiger partial charge in [0.25, 0.3) is 0 Å². The van der Waals surface area contributed by atoms with Gasteiger partial charge in [0.05, 0.1) is 28.6 Å². The average molecular weight is 790 g/mol. The molecule has 2 fully saturated rings. The van der Waals surface area contributed by atoms with E-state index in [0.29, 0.717) is 60.9 Å². The van der Waals surface area contributed by atoms with Crippen LogP contribution in [0.4, 0.5) is 0 Å². The van der Waals surface area contributed by atoms with E-state index in [1.807, 2.05) is 43.3 Å². The first-order valence-electron chi connectivity index (χ1n) is 19.0. The van der Waals surface area contributed by atoms with Crippen molar-refractivity contribution in [2.24, 2.45) is 5.92 Å². The summed E-state index contributed by atoms with van der Waals surface area (Å²) in [6.07, 6.45) is 4.60. The number of aryl methyl sites for hydroxylation is 2. The summed E-state index contributed by atoms with van der Waals surface area (Å²) in [7, 11) is 3.08. The lowest BCUT2D eigenvalue weighted by Gasteiger charge is -2.36. The van der Waals surface area contributed by atoms with Crippen molar-refractivity contribution in [1.29, 1.82) is 0 Å². The molecule has 292 valence electrons. The third-order valence-electron chi connectivity index (χ3n) is 10.1. The first-order chi connectivity index (χ1) is 26.7. The average Bonchev–Trinajstić information content (AvgIpc) is 4.04. The van der Waals surface area contributed by atoms with Crippen LogP contribution in [0.25, 0.3) is 0 Å². The molecule has 0 radical (unpaired) electrons. The third kappa shape index (κ3) is 11.2. The predicted octanol–water partition coefficient (Wildman–Crippen LogP) is 8.59. The van der Waals surface area contributed by atoms with Crippen molar-refractivity contribution in [3.05, 3.63) is 122 Å². The maximum absolute atomic E-state index is 14.5. The fourth-order valence-corrected chi connectivity index (χ4v) is 7.83. The predicted molar refractivity (Wildman–Crippen MR) is 215 cm³/mol. The molecule has 0 aromatic heterocycles. The number of ether oxygens (including phenoxy) is 5. The Morgan fingerprint density at radius 1 is 0.782 bits per heavy atom. The van der Waals surface area contributed by atoms with Crippen molar-refractivity contribution < 1.29 is 33.3 Å². The number of nitrogens with zero attached hydrogens (tertiary/aromatic N) is 1. The number of nitrogens with one attached hydrogen (secondary N) is 1. The van der Waals surface area contributed by atoms with Gasteiger partial charge in [0.2, 0.25) is 5.91 Å². The third-order valence-corrected chi connectivity index (χ3v) is 10.7. The molecule has 1 aliphatic carbocycles. The van der Waals surface area contributed by atoms with Crippen LogP contribution >= 0.6 is 23.2 Å². The molecule has 1 heterocycles. The fourth-order valence-electron chi connectivity index (χ4n) is 7.13. The lowest BCUT2D eigenvalue weighted by molar-refractivity contribution is -0.138. The smallest absolute Gasteiger partial charge is 0.337 e. The van der Waals surface area contributed by atoms with Gasteiger partial charge in [-0.1, -0.05) is 53.5 Å². The summed E-state index contributed by atoms with van der Waals surface area (Å²) in [5.41, 5.74) is 5.72. The molecule has 1 saturated heterocycles. The zero-order valence-electron chi connectivity index (χ0n) is 31.8. The molecule has 2 aliphatic rings. The maximum atomic E-state index is 14.5. The van der Waals surface area contributed by atoms with Crippen LogP contribution in [0.5, 0.6) is 17.2 Å². The highest BCUT2D eigenvalue weighted by Crippen LogP contribution is 2.38. The highest BCUT2D eigenvalue weighted by atomic mass is 35.5. The van der Waals surface area contributed by atoms with E-state index in [0.717, 1.165) is 78.0 Å². The van der Waals surface area contributed by atoms with Crippen LogP contribution in [0.1, 0.15) is 69.8 Å². The summed E-state index contributed by atoms with van der Waals surface area (Å²) in [5, 5.41) is 4.44. The number of rotatable bonds is 18. The monoisotopic (exact) mass is 788 g/mol. The Balaban J connectivity index is 1.11. The van der Waals surface area contributed by atoms with Crippen molar-refractivity contribution >= 4 is 35.1 Å².